The van der Waals surface area contributed by atoms with Gasteiger partial charge in [-0.25, -0.2) is 0 Å². The molecule has 1 aromatic rings. The van der Waals surface area contributed by atoms with Crippen LogP contribution in [0.5, 0.6) is 0 Å². The van der Waals surface area contributed by atoms with Crippen LogP contribution in [0, 0.1) is 4.91 Å². The summed E-state index contributed by atoms with van der Waals surface area (Å²) in [6.07, 6.45) is 0.755. The van der Waals surface area contributed by atoms with Crippen LogP contribution in [0.2, 0.25) is 0 Å². The molecule has 19 heavy (non-hydrogen) atoms. The van der Waals surface area contributed by atoms with E-state index >= 15 is 0 Å². The van der Waals surface area contributed by atoms with Crippen molar-refractivity contribution < 1.29 is 9.84 Å². The predicted molar refractivity (Wildman–Crippen MR) is 69.5 cm³/mol. The molecule has 0 aliphatic carbocycles. The number of aliphatic hydroxyl groups is 1. The average molecular weight is 287 g/mol. The van der Waals surface area contributed by atoms with Gasteiger partial charge in [-0.05, 0) is 12.8 Å². The lowest BCUT2D eigenvalue weighted by atomic mass is 10.2. The number of hydrogen-bond donors (Lipinski definition) is 4. The Morgan fingerprint density at radius 1 is 1.63 bits per heavy atom. The summed E-state index contributed by atoms with van der Waals surface area (Å²) in [5, 5.41) is 11.9. The highest BCUT2D eigenvalue weighted by atomic mass is 32.2. The summed E-state index contributed by atoms with van der Waals surface area (Å²) < 4.78 is 8.07. The second kappa shape index (κ2) is 5.99. The van der Waals surface area contributed by atoms with Gasteiger partial charge in [-0.1, -0.05) is 0 Å². The number of rotatable bonds is 5. The van der Waals surface area contributed by atoms with Gasteiger partial charge in [0.15, 0.2) is 0 Å². The van der Waals surface area contributed by atoms with Crippen molar-refractivity contribution in [2.45, 2.75) is 30.1 Å². The molecular formula is C9H13N5O4S. The molecule has 0 saturated carbocycles. The van der Waals surface area contributed by atoms with Gasteiger partial charge in [0.1, 0.15) is 16.9 Å². The monoisotopic (exact) mass is 287 g/mol. The first-order chi connectivity index (χ1) is 9.13. The van der Waals surface area contributed by atoms with Crippen molar-refractivity contribution in [3.8, 4) is 0 Å². The quantitative estimate of drug-likeness (QED) is 0.439. The molecule has 0 bridgehead atoms. The maximum absolute atomic E-state index is 11.6. The van der Waals surface area contributed by atoms with E-state index in [1.807, 2.05) is 0 Å². The minimum Gasteiger partial charge on any atom is -0.394 e. The summed E-state index contributed by atoms with van der Waals surface area (Å²) in [6, 6.07) is 0. The molecule has 1 aliphatic rings. The summed E-state index contributed by atoms with van der Waals surface area (Å²) in [5.41, 5.74) is 4.81. The number of H-pyrrole nitrogens is 1. The molecule has 0 spiro atoms. The normalized spacial score (nSPS) is 22.4. The number of aromatic amines is 1. The van der Waals surface area contributed by atoms with Crippen LogP contribution < -0.4 is 16.6 Å². The highest BCUT2D eigenvalue weighted by Crippen LogP contribution is 2.26. The first-order valence-corrected chi connectivity index (χ1v) is 6.33. The molecule has 0 radical (unpaired) electrons. The topological polar surface area (TPSA) is 143 Å². The van der Waals surface area contributed by atoms with Crippen molar-refractivity contribution in [1.29, 1.82) is 0 Å². The van der Waals surface area contributed by atoms with Crippen LogP contribution in [-0.2, 0) is 4.74 Å². The fourth-order valence-corrected chi connectivity index (χ4v) is 2.21. The van der Waals surface area contributed by atoms with Gasteiger partial charge in [0, 0.05) is 4.58 Å². The number of nitrogens with two attached hydrogens (primary N) is 1. The number of nitrogens with one attached hydrogen (secondary N) is 2. The van der Waals surface area contributed by atoms with Crippen molar-refractivity contribution in [2.75, 3.05) is 17.7 Å². The van der Waals surface area contributed by atoms with Gasteiger partial charge in [0.2, 0.25) is 5.95 Å². The third-order valence-electron chi connectivity index (χ3n) is 2.64. The Morgan fingerprint density at radius 2 is 2.42 bits per heavy atom. The standard InChI is InChI=1S/C9H13N5O4S/c10-9-12-7(6(19-14-17)8(16)13-9)11-5-2-1-4(3-15)18-5/h4-5,15H,1-3H2,(H4,10,11,12,13,16). The minimum atomic E-state index is -0.639. The lowest BCUT2D eigenvalue weighted by Gasteiger charge is -2.16. The molecule has 2 rings (SSSR count). The van der Waals surface area contributed by atoms with Crippen molar-refractivity contribution in [3.63, 3.8) is 0 Å². The first kappa shape index (κ1) is 13.8. The van der Waals surface area contributed by atoms with Crippen molar-refractivity contribution >= 4 is 23.7 Å². The summed E-state index contributed by atoms with van der Waals surface area (Å²) in [6.45, 7) is -0.0648. The lowest BCUT2D eigenvalue weighted by molar-refractivity contribution is 0.0233. The molecule has 1 saturated heterocycles. The van der Waals surface area contributed by atoms with Gasteiger partial charge < -0.3 is 25.9 Å². The van der Waals surface area contributed by atoms with E-state index in [1.165, 1.54) is 0 Å². The third-order valence-corrected chi connectivity index (χ3v) is 3.28. The maximum atomic E-state index is 11.6. The smallest absolute Gasteiger partial charge is 0.292 e. The molecular weight excluding hydrogens is 274 g/mol. The molecule has 2 heterocycles. The third kappa shape index (κ3) is 3.22. The fraction of sp³-hybridized carbons (Fsp3) is 0.556. The molecule has 2 unspecified atom stereocenters. The van der Waals surface area contributed by atoms with E-state index in [-0.39, 0.29) is 35.6 Å². The van der Waals surface area contributed by atoms with E-state index in [0.717, 1.165) is 0 Å². The summed E-state index contributed by atoms with van der Waals surface area (Å²) in [5.74, 6) is 0.171. The van der Waals surface area contributed by atoms with Gasteiger partial charge in [0.25, 0.3) is 5.56 Å². The van der Waals surface area contributed by atoms with Gasteiger partial charge in [-0.15, -0.1) is 4.91 Å². The largest absolute Gasteiger partial charge is 0.394 e. The van der Waals surface area contributed by atoms with E-state index < -0.39 is 5.56 Å². The molecule has 104 valence electrons. The second-order valence-electron chi connectivity index (χ2n) is 3.95. The van der Waals surface area contributed by atoms with E-state index in [2.05, 4.69) is 19.9 Å². The van der Waals surface area contributed by atoms with E-state index in [1.54, 1.807) is 0 Å². The van der Waals surface area contributed by atoms with Gasteiger partial charge in [-0.2, -0.15) is 4.98 Å². The minimum absolute atomic E-state index is 0.0280. The molecule has 0 amide bonds. The van der Waals surface area contributed by atoms with Crippen LogP contribution in [0.25, 0.3) is 0 Å². The Hall–Kier alpha value is -1.65. The zero-order chi connectivity index (χ0) is 13.8. The van der Waals surface area contributed by atoms with Crippen molar-refractivity contribution in [3.05, 3.63) is 15.3 Å². The average Bonchev–Trinajstić information content (AvgIpc) is 2.81. The summed E-state index contributed by atoms with van der Waals surface area (Å²) in [7, 11) is 0. The van der Waals surface area contributed by atoms with Crippen LogP contribution in [0.3, 0.4) is 0 Å². The number of aromatic nitrogens is 2. The molecule has 1 fully saturated rings. The van der Waals surface area contributed by atoms with E-state index in [9.17, 15) is 9.70 Å². The Bertz CT molecular complexity index is 522. The Morgan fingerprint density at radius 3 is 3.05 bits per heavy atom. The van der Waals surface area contributed by atoms with Crippen molar-refractivity contribution in [2.24, 2.45) is 4.58 Å². The number of ether oxygens (including phenoxy) is 1. The highest BCUT2D eigenvalue weighted by Gasteiger charge is 2.26. The van der Waals surface area contributed by atoms with Crippen molar-refractivity contribution in [1.82, 2.24) is 9.97 Å². The number of nitroso groups, excluding NO2 is 1. The van der Waals surface area contributed by atoms with E-state index in [0.29, 0.717) is 24.8 Å². The molecule has 10 heteroatoms. The Labute approximate surface area is 112 Å². The number of hydrogen-bond acceptors (Lipinski definition) is 9. The second-order valence-corrected chi connectivity index (χ2v) is 4.69. The maximum Gasteiger partial charge on any atom is 0.292 e. The molecule has 1 aliphatic heterocycles. The van der Waals surface area contributed by atoms with Gasteiger partial charge >= 0.3 is 0 Å². The molecule has 1 aromatic heterocycles. The molecule has 9 nitrogen and oxygen atoms in total. The summed E-state index contributed by atoms with van der Waals surface area (Å²) >= 11 is 0.467. The highest BCUT2D eigenvalue weighted by molar-refractivity contribution is 7.98. The number of nitrogen functional groups attached to an aromatic ring is 1. The number of nitrogens with zero attached hydrogens (tertiary/aromatic N) is 2. The lowest BCUT2D eigenvalue weighted by Crippen LogP contribution is -2.25. The zero-order valence-corrected chi connectivity index (χ0v) is 10.6. The molecule has 2 atom stereocenters. The SMILES string of the molecule is Nc1nc(=O)c(SN=O)c(NC2CCC(CO)O2)[nH]1. The number of anilines is 2. The van der Waals surface area contributed by atoms with E-state index in [4.69, 9.17) is 15.6 Å². The van der Waals surface area contributed by atoms with Gasteiger partial charge in [-0.3, -0.25) is 4.79 Å². The fourth-order valence-electron chi connectivity index (χ4n) is 1.81. The number of aliphatic hydroxyl groups excluding tert-OH is 1. The molecule has 0 aromatic carbocycles. The first-order valence-electron chi connectivity index (χ1n) is 5.56. The summed E-state index contributed by atoms with van der Waals surface area (Å²) in [4.78, 5) is 28.1. The predicted octanol–water partition coefficient (Wildman–Crippen LogP) is 0.0349. The van der Waals surface area contributed by atoms with Crippen LogP contribution in [0.15, 0.2) is 14.3 Å². The zero-order valence-electron chi connectivity index (χ0n) is 9.83. The van der Waals surface area contributed by atoms with Gasteiger partial charge in [0.05, 0.1) is 24.7 Å². The Kier molecular flexibility index (Phi) is 4.35. The molecule has 5 N–H and O–H groups in total. The van der Waals surface area contributed by atoms with Crippen LogP contribution in [0.1, 0.15) is 12.8 Å². The van der Waals surface area contributed by atoms with Crippen LogP contribution in [0.4, 0.5) is 11.8 Å². The van der Waals surface area contributed by atoms with Crippen LogP contribution in [-0.4, -0.2) is 34.0 Å². The van der Waals surface area contributed by atoms with Crippen LogP contribution >= 0.6 is 11.9 Å². The Balaban J connectivity index is 2.19.